The van der Waals surface area contributed by atoms with Gasteiger partial charge >= 0.3 is 50.4 Å². The maximum absolute atomic E-state index is 12.9. The molecule has 0 aliphatic carbocycles. The Bertz CT molecular complexity index is 7960. The van der Waals surface area contributed by atoms with Crippen LogP contribution in [0.25, 0.3) is 120 Å². The molecule has 0 aliphatic heterocycles. The second kappa shape index (κ2) is 41.2. The molecule has 9 N–H and O–H groups in total. The van der Waals surface area contributed by atoms with Crippen LogP contribution in [0.5, 0.6) is 0 Å². The van der Waals surface area contributed by atoms with E-state index < -0.39 is 135 Å². The molecular weight excluding hydrogens is 2030 g/mol. The number of H-pyrrole nitrogens is 5. The normalized spacial score (nSPS) is 11.8. The van der Waals surface area contributed by atoms with Crippen LogP contribution in [0.4, 0.5) is 138 Å². The Labute approximate surface area is 794 Å². The number of aryl methyl sites for hydroxylation is 1. The van der Waals surface area contributed by atoms with Gasteiger partial charge in [-0.1, -0.05) is 66.7 Å². The predicted octanol–water partition coefficient (Wildman–Crippen LogP) is 28.2. The minimum absolute atomic E-state index is 0.0450. The standard InChI is InChI=1S/C14H10F3N.C13H7F3N2O4.3C13H7F3N2O2.C13H9F3N2.C7H6BF3O2.C6H3BrN2O4/c1-8-2-4-10-11-7-9(14(15,16)17)3-5-12(11)18-13(10)6-8;14-13(15,16)9-3-1-2-8(6-9)11-5-4-10(17(19)20)7-12(11)18(21)22;2*14-13(15,16)7-1-4-11-10(5-7)9-3-2-8(18(19)20)6-12(9)17-11;14-13(15,16)10-3-1-2-9-8-5-4-7(18(19)20)6-11(8)17-12(9)10;14-13(15,16)7-1-4-11-10(5-7)9-3-2-8(17)6-12(9)18-11;9-7(10,11)5-2-1-3-6(4-5)8(12)13;7-5-2-1-4(8(10)11)3-6(5)9(12)13/h2-7,18H,1H3;1-7H;3*1-6,17H;1-6,18H,17H2;1-4,12-13H;1-3H. The lowest BCUT2D eigenvalue weighted by molar-refractivity contribution is -0.394. The Morgan fingerprint density at radius 2 is 0.590 bits per heavy atom. The number of para-hydroxylation sites is 1. The molecular formula is C92H56BBrF21N13O16. The van der Waals surface area contributed by atoms with E-state index in [9.17, 15) is 163 Å². The van der Waals surface area contributed by atoms with Gasteiger partial charge in [0.15, 0.2) is 0 Å². The van der Waals surface area contributed by atoms with Crippen LogP contribution in [0.2, 0.25) is 0 Å². The molecule has 0 bridgehead atoms. The van der Waals surface area contributed by atoms with Crippen molar-refractivity contribution in [2.45, 2.75) is 50.2 Å². The van der Waals surface area contributed by atoms with Gasteiger partial charge in [0.2, 0.25) is 0 Å². The smallest absolute Gasteiger partial charge is 0.423 e. The number of benzene rings is 14. The van der Waals surface area contributed by atoms with Gasteiger partial charge in [0.05, 0.1) is 118 Å². The number of nitro groups is 7. The molecule has 0 saturated heterocycles. The number of halogens is 22. The van der Waals surface area contributed by atoms with E-state index in [4.69, 9.17) is 15.8 Å². The summed E-state index contributed by atoms with van der Waals surface area (Å²) in [5.74, 6) is 0. The fourth-order valence-corrected chi connectivity index (χ4v) is 14.8. The highest BCUT2D eigenvalue weighted by atomic mass is 79.9. The third-order valence-electron chi connectivity index (χ3n) is 21.1. The lowest BCUT2D eigenvalue weighted by Crippen LogP contribution is -2.30. The van der Waals surface area contributed by atoms with Gasteiger partial charge in [-0.3, -0.25) is 70.8 Å². The summed E-state index contributed by atoms with van der Waals surface area (Å²) in [5.41, 5.74) is 4.57. The third-order valence-corrected chi connectivity index (χ3v) is 21.8. The molecule has 0 saturated carbocycles. The fourth-order valence-electron chi connectivity index (χ4n) is 14.4. The minimum atomic E-state index is -4.59. The second-order valence-corrected chi connectivity index (χ2v) is 31.5. The van der Waals surface area contributed by atoms with Crippen LogP contribution in [0.15, 0.2) is 271 Å². The highest BCUT2D eigenvalue weighted by Crippen LogP contribution is 2.44. The number of fused-ring (bicyclic) bond motifs is 15. The zero-order valence-corrected chi connectivity index (χ0v) is 73.2. The number of alkyl halides is 21. The summed E-state index contributed by atoms with van der Waals surface area (Å²) in [6, 6.07) is 54.8. The summed E-state index contributed by atoms with van der Waals surface area (Å²) >= 11 is 2.92. The summed E-state index contributed by atoms with van der Waals surface area (Å²) in [7, 11) is -1.87. The van der Waals surface area contributed by atoms with E-state index in [-0.39, 0.29) is 55.0 Å². The minimum Gasteiger partial charge on any atom is -0.423 e. The number of aromatic amines is 5. The SMILES string of the molecule is Cc1ccc2c(c1)[nH]c1ccc(C(F)(F)F)cc12.Nc1ccc2c(c1)[nH]c1ccc(C(F)(F)F)cc12.O=[N+]([O-])c1ccc(-c2cccc(C(F)(F)F)c2)c([N+](=O)[O-])c1.O=[N+]([O-])c1ccc(Br)c([N+](=O)[O-])c1.O=[N+]([O-])c1ccc2c(c1)[nH]c1c(C(F)(F)F)cccc12.O=[N+]([O-])c1ccc2c(c1)[nH]c1ccc(C(F)(F)F)cc12.O=[N+]([O-])c1ccc2c(c1)[nH]c1ccc(C(F)(F)F)cc12.OB(O)c1cccc(C(F)(F)F)c1. The number of nitro benzene ring substituents is 7. The van der Waals surface area contributed by atoms with Crippen LogP contribution >= 0.6 is 15.9 Å². The summed E-state index contributed by atoms with van der Waals surface area (Å²) in [4.78, 5) is 84.2. The number of nitrogens with zero attached hydrogens (tertiary/aromatic N) is 7. The molecule has 0 radical (unpaired) electrons. The molecule has 19 aromatic rings. The third kappa shape index (κ3) is 24.7. The first-order valence-electron chi connectivity index (χ1n) is 40.1. The first kappa shape index (κ1) is 106. The molecule has 19 rings (SSSR count). The van der Waals surface area contributed by atoms with Crippen LogP contribution in [-0.2, 0) is 43.2 Å². The lowest BCUT2D eigenvalue weighted by Gasteiger charge is -2.09. The van der Waals surface area contributed by atoms with Crippen molar-refractivity contribution in [3.63, 3.8) is 0 Å². The summed E-state index contributed by atoms with van der Waals surface area (Å²) in [6.45, 7) is 1.95. The molecule has 0 atom stereocenters. The second-order valence-electron chi connectivity index (χ2n) is 30.6. The van der Waals surface area contributed by atoms with E-state index in [0.717, 1.165) is 136 Å². The van der Waals surface area contributed by atoms with Gasteiger partial charge in [-0.05, 0) is 179 Å². The van der Waals surface area contributed by atoms with E-state index in [0.29, 0.717) is 87.9 Å². The molecule has 742 valence electrons. The zero-order chi connectivity index (χ0) is 106. The van der Waals surface area contributed by atoms with Crippen molar-refractivity contribution >= 4 is 183 Å². The Hall–Kier alpha value is -17.3. The van der Waals surface area contributed by atoms with Gasteiger partial charge in [-0.2, -0.15) is 92.2 Å². The van der Waals surface area contributed by atoms with Crippen LogP contribution < -0.4 is 11.2 Å². The Morgan fingerprint density at radius 1 is 0.278 bits per heavy atom. The molecule has 52 heteroatoms. The number of anilines is 1. The van der Waals surface area contributed by atoms with E-state index in [1.54, 1.807) is 24.3 Å². The lowest BCUT2D eigenvalue weighted by atomic mass is 9.79. The van der Waals surface area contributed by atoms with Crippen molar-refractivity contribution in [3.05, 3.63) is 387 Å². The molecule has 0 aliphatic rings. The first-order chi connectivity index (χ1) is 67.1. The predicted molar refractivity (Wildman–Crippen MR) is 492 cm³/mol. The maximum atomic E-state index is 12.9. The first-order valence-corrected chi connectivity index (χ1v) is 40.9. The van der Waals surface area contributed by atoms with Crippen LogP contribution in [0, 0.1) is 77.7 Å². The zero-order valence-electron chi connectivity index (χ0n) is 71.6. The monoisotopic (exact) mass is 2090 g/mol. The van der Waals surface area contributed by atoms with Crippen LogP contribution in [-0.4, -0.2) is 76.5 Å². The Kier molecular flexibility index (Phi) is 30.2. The van der Waals surface area contributed by atoms with E-state index in [2.05, 4.69) is 40.8 Å². The van der Waals surface area contributed by atoms with Crippen molar-refractivity contribution in [2.75, 3.05) is 5.73 Å². The highest BCUT2D eigenvalue weighted by Gasteiger charge is 2.38. The number of rotatable bonds is 9. The Balaban J connectivity index is 0.000000147. The number of nitrogens with one attached hydrogen (secondary N) is 5. The van der Waals surface area contributed by atoms with Gasteiger partial charge in [-0.25, -0.2) is 0 Å². The van der Waals surface area contributed by atoms with Gasteiger partial charge in [0.1, 0.15) is 0 Å². The topological polar surface area (TPSA) is 447 Å². The number of hydrogen-bond donors (Lipinski definition) is 8. The summed E-state index contributed by atoms with van der Waals surface area (Å²) in [6.07, 6.45) is -31.0. The van der Waals surface area contributed by atoms with Crippen molar-refractivity contribution < 1.29 is 137 Å². The maximum Gasteiger partial charge on any atom is 0.488 e. The molecule has 0 spiro atoms. The molecule has 144 heavy (non-hydrogen) atoms. The van der Waals surface area contributed by atoms with Crippen molar-refractivity contribution in [3.8, 4) is 11.1 Å². The van der Waals surface area contributed by atoms with Crippen LogP contribution in [0.1, 0.15) is 44.5 Å². The molecule has 0 unspecified atom stereocenters. The number of nitrogens with two attached hydrogens (primary N) is 1. The molecule has 5 heterocycles. The van der Waals surface area contributed by atoms with Crippen LogP contribution in [0.3, 0.4) is 0 Å². The molecule has 29 nitrogen and oxygen atoms in total. The number of aromatic nitrogens is 5. The van der Waals surface area contributed by atoms with E-state index in [1.165, 1.54) is 115 Å². The highest BCUT2D eigenvalue weighted by molar-refractivity contribution is 9.10. The van der Waals surface area contributed by atoms with E-state index in [1.807, 2.05) is 25.1 Å². The van der Waals surface area contributed by atoms with Gasteiger partial charge in [-0.15, -0.1) is 0 Å². The number of nitrogen functional groups attached to an aromatic ring is 1. The van der Waals surface area contributed by atoms with Crippen molar-refractivity contribution in [2.24, 2.45) is 0 Å². The average molecular weight is 2090 g/mol. The van der Waals surface area contributed by atoms with E-state index >= 15 is 0 Å². The number of hydrogen-bond acceptors (Lipinski definition) is 17. The quantitative estimate of drug-likeness (QED) is 0.0219. The average Bonchev–Trinajstić information content (AvgIpc) is 1.61. The van der Waals surface area contributed by atoms with Gasteiger partial charge in [0, 0.05) is 141 Å². The van der Waals surface area contributed by atoms with Gasteiger partial charge < -0.3 is 40.7 Å². The molecule has 0 fully saturated rings. The van der Waals surface area contributed by atoms with Gasteiger partial charge in [0.25, 0.3) is 39.8 Å². The fraction of sp³-hybridized carbons (Fsp3) is 0.0870. The van der Waals surface area contributed by atoms with Crippen molar-refractivity contribution in [1.29, 1.82) is 0 Å². The summed E-state index contributed by atoms with van der Waals surface area (Å²) < 4.78 is 265. The molecule has 0 amide bonds. The number of non-ortho nitro benzene ring substituents is 5. The largest absolute Gasteiger partial charge is 0.488 e. The molecule has 5 aromatic heterocycles. The summed E-state index contributed by atoms with van der Waals surface area (Å²) in [5, 5.41) is 97.0. The molecule has 14 aromatic carbocycles. The Morgan fingerprint density at radius 3 is 0.965 bits per heavy atom. The van der Waals surface area contributed by atoms with Crippen molar-refractivity contribution in [1.82, 2.24) is 24.9 Å².